The van der Waals surface area contributed by atoms with E-state index in [1.165, 1.54) is 18.5 Å². The van der Waals surface area contributed by atoms with Crippen LogP contribution in [-0.4, -0.2) is 86.4 Å². The number of para-hydroxylation sites is 1. The van der Waals surface area contributed by atoms with Crippen LogP contribution in [0.25, 0.3) is 21.9 Å². The van der Waals surface area contributed by atoms with E-state index in [0.717, 1.165) is 86.9 Å². The average molecular weight is 745 g/mol. The van der Waals surface area contributed by atoms with E-state index in [9.17, 15) is 24.4 Å². The predicted octanol–water partition coefficient (Wildman–Crippen LogP) is 4.14. The third-order valence-electron chi connectivity index (χ3n) is 11.5. The van der Waals surface area contributed by atoms with E-state index in [1.807, 2.05) is 36.5 Å². The van der Waals surface area contributed by atoms with Gasteiger partial charge >= 0.3 is 5.69 Å². The molecule has 3 fully saturated rings. The van der Waals surface area contributed by atoms with Gasteiger partial charge in [0.25, 0.3) is 5.91 Å². The summed E-state index contributed by atoms with van der Waals surface area (Å²) in [4.78, 5) is 59.9. The number of amides is 3. The smallest absolute Gasteiger partial charge is 0.329 e. The van der Waals surface area contributed by atoms with Crippen LogP contribution in [0.2, 0.25) is 0 Å². The van der Waals surface area contributed by atoms with E-state index >= 15 is 0 Å². The van der Waals surface area contributed by atoms with Crippen molar-refractivity contribution in [2.24, 2.45) is 13.0 Å². The molecule has 0 radical (unpaired) electrons. The van der Waals surface area contributed by atoms with Crippen LogP contribution in [0.4, 0.5) is 11.4 Å². The van der Waals surface area contributed by atoms with Gasteiger partial charge in [-0.2, -0.15) is 10.4 Å². The number of methoxy groups -OCH3 is 1. The van der Waals surface area contributed by atoms with Gasteiger partial charge in [-0.05, 0) is 75.3 Å². The Morgan fingerprint density at radius 3 is 2.65 bits per heavy atom. The molecule has 2 aromatic carbocycles. The molecule has 1 unspecified atom stereocenters. The highest BCUT2D eigenvalue weighted by molar-refractivity contribution is 6.06. The van der Waals surface area contributed by atoms with Crippen molar-refractivity contribution in [3.63, 3.8) is 0 Å². The monoisotopic (exact) mass is 744 g/mol. The molecule has 1 aliphatic carbocycles. The molecule has 0 spiro atoms. The summed E-state index contributed by atoms with van der Waals surface area (Å²) < 4.78 is 10.9. The number of carbonyl (C=O) groups is 3. The van der Waals surface area contributed by atoms with Crippen molar-refractivity contribution in [1.82, 2.24) is 34.1 Å². The van der Waals surface area contributed by atoms with E-state index < -0.39 is 11.9 Å². The quantitative estimate of drug-likeness (QED) is 0.220. The van der Waals surface area contributed by atoms with Crippen LogP contribution in [0, 0.1) is 17.2 Å². The number of piperidine rings is 1. The first-order valence-electron chi connectivity index (χ1n) is 18.9. The average Bonchev–Trinajstić information content (AvgIpc) is 3.62. The number of nitriles is 1. The van der Waals surface area contributed by atoms with Gasteiger partial charge < -0.3 is 19.9 Å². The fourth-order valence-electron chi connectivity index (χ4n) is 8.60. The fraction of sp³-hybridized carbons (Fsp3) is 0.425. The number of aryl methyl sites for hydroxylation is 1. The molecular weight excluding hydrogens is 701 g/mol. The maximum absolute atomic E-state index is 13.5. The first-order valence-corrected chi connectivity index (χ1v) is 18.9. The largest absolute Gasteiger partial charge is 0.494 e. The van der Waals surface area contributed by atoms with Crippen molar-refractivity contribution < 1.29 is 19.1 Å². The second kappa shape index (κ2) is 15.0. The van der Waals surface area contributed by atoms with E-state index in [1.54, 1.807) is 23.3 Å². The number of imidazole rings is 1. The highest BCUT2D eigenvalue weighted by Crippen LogP contribution is 2.36. The van der Waals surface area contributed by atoms with E-state index in [0.29, 0.717) is 34.9 Å². The Bertz CT molecular complexity index is 2400. The summed E-state index contributed by atoms with van der Waals surface area (Å²) in [6.07, 6.45) is 10.7. The molecule has 2 saturated heterocycles. The minimum atomic E-state index is -0.707. The zero-order valence-corrected chi connectivity index (χ0v) is 31.0. The Balaban J connectivity index is 0.893. The number of imide groups is 1. The number of benzene rings is 2. The molecule has 8 rings (SSSR count). The lowest BCUT2D eigenvalue weighted by Crippen LogP contribution is -2.44. The summed E-state index contributed by atoms with van der Waals surface area (Å²) in [5.41, 5.74) is 4.18. The number of rotatable bonds is 8. The lowest BCUT2D eigenvalue weighted by Gasteiger charge is -2.32. The number of anilines is 2. The summed E-state index contributed by atoms with van der Waals surface area (Å²) in [7, 11) is 3.32. The van der Waals surface area contributed by atoms with E-state index in [2.05, 4.69) is 36.2 Å². The maximum atomic E-state index is 13.5. The first-order chi connectivity index (χ1) is 26.7. The Morgan fingerprint density at radius 2 is 1.87 bits per heavy atom. The standard InChI is InChI=1S/C40H44N10O5/c1-46-37-32(5-3-6-33(37)50(40(46)54)34-11-12-36(51)44-39(34)53)48-14-4-13-47(15-16-48)23-25-7-9-29(10-8-25)49-24-28-18-31(35(55-2)19-30(28)45-49)43-38(52)27-17-26(20-41)21-42-22-27/h3,5-6,17-19,21-22,24-25,29,34H,4,7-16,23H2,1-2H3,(H,43,52)(H,44,51,53). The van der Waals surface area contributed by atoms with Crippen molar-refractivity contribution in [3.05, 3.63) is 76.6 Å². The molecule has 2 N–H and O–H groups in total. The topological polar surface area (TPSA) is 172 Å². The third-order valence-corrected chi connectivity index (χ3v) is 11.5. The van der Waals surface area contributed by atoms with Crippen LogP contribution in [0.5, 0.6) is 5.75 Å². The Hall–Kier alpha value is -6.01. The molecule has 55 heavy (non-hydrogen) atoms. The molecule has 5 heterocycles. The van der Waals surface area contributed by atoms with Gasteiger partial charge in [-0.25, -0.2) is 4.79 Å². The van der Waals surface area contributed by atoms with Crippen LogP contribution in [0.15, 0.2) is 59.8 Å². The number of nitrogens with zero attached hydrogens (tertiary/aromatic N) is 8. The van der Waals surface area contributed by atoms with Gasteiger partial charge in [0.2, 0.25) is 11.8 Å². The van der Waals surface area contributed by atoms with Crippen LogP contribution in [-0.2, 0) is 16.6 Å². The molecule has 1 saturated carbocycles. The number of pyridine rings is 1. The Kier molecular flexibility index (Phi) is 9.83. The predicted molar refractivity (Wildman–Crippen MR) is 206 cm³/mol. The SMILES string of the molecule is COc1cc2nn(C3CCC(CN4CCCN(c5cccc6c5n(C)c(=O)n6C5CCC(=O)NC5=O)CC4)CC3)cc2cc1NC(=O)c1cncc(C#N)c1. The lowest BCUT2D eigenvalue weighted by molar-refractivity contribution is -0.135. The number of fused-ring (bicyclic) bond motifs is 2. The Morgan fingerprint density at radius 1 is 1.04 bits per heavy atom. The van der Waals surface area contributed by atoms with Crippen molar-refractivity contribution in [1.29, 1.82) is 5.26 Å². The number of hydrogen-bond donors (Lipinski definition) is 2. The van der Waals surface area contributed by atoms with Crippen molar-refractivity contribution in [2.45, 2.75) is 57.0 Å². The number of carbonyl (C=O) groups excluding carboxylic acids is 3. The van der Waals surface area contributed by atoms with Crippen molar-refractivity contribution in [3.8, 4) is 11.8 Å². The summed E-state index contributed by atoms with van der Waals surface area (Å²) in [6, 6.07) is 12.7. The molecule has 3 amide bonds. The minimum Gasteiger partial charge on any atom is -0.494 e. The van der Waals surface area contributed by atoms with Gasteiger partial charge in [0, 0.05) is 69.7 Å². The molecule has 5 aromatic rings. The van der Waals surface area contributed by atoms with Gasteiger partial charge in [0.1, 0.15) is 17.9 Å². The highest BCUT2D eigenvalue weighted by Gasteiger charge is 2.32. The normalized spacial score (nSPS) is 21.0. The summed E-state index contributed by atoms with van der Waals surface area (Å²) in [5.74, 6) is -0.0104. The molecule has 1 atom stereocenters. The molecule has 0 bridgehead atoms. The zero-order chi connectivity index (χ0) is 38.2. The molecule has 3 aromatic heterocycles. The first kappa shape index (κ1) is 36.0. The Labute approximate surface area is 317 Å². The maximum Gasteiger partial charge on any atom is 0.329 e. The number of ether oxygens (including phenoxy) is 1. The van der Waals surface area contributed by atoms with Gasteiger partial charge in [-0.1, -0.05) is 6.07 Å². The van der Waals surface area contributed by atoms with Gasteiger partial charge in [-0.3, -0.25) is 38.5 Å². The van der Waals surface area contributed by atoms with Gasteiger partial charge in [0.15, 0.2) is 0 Å². The van der Waals surface area contributed by atoms with Crippen molar-refractivity contribution in [2.75, 3.05) is 50.1 Å². The van der Waals surface area contributed by atoms with E-state index in [-0.39, 0.29) is 35.5 Å². The molecule has 15 heteroatoms. The highest BCUT2D eigenvalue weighted by atomic mass is 16.5. The van der Waals surface area contributed by atoms with Crippen LogP contribution in [0.1, 0.15) is 73.0 Å². The van der Waals surface area contributed by atoms with Crippen LogP contribution in [0.3, 0.4) is 0 Å². The summed E-state index contributed by atoms with van der Waals surface area (Å²) in [6.45, 7) is 4.68. The number of nitrogens with one attached hydrogen (secondary N) is 2. The second-order valence-corrected chi connectivity index (χ2v) is 14.9. The molecular formula is C40H44N10O5. The number of hydrogen-bond acceptors (Lipinski definition) is 10. The van der Waals surface area contributed by atoms with Crippen LogP contribution >= 0.6 is 0 Å². The fourth-order valence-corrected chi connectivity index (χ4v) is 8.60. The molecule has 284 valence electrons. The van der Waals surface area contributed by atoms with Crippen molar-refractivity contribution >= 4 is 51.0 Å². The molecule has 2 aliphatic heterocycles. The molecule has 15 nitrogen and oxygen atoms in total. The number of aromatic nitrogens is 5. The van der Waals surface area contributed by atoms with E-state index in [4.69, 9.17) is 9.84 Å². The summed E-state index contributed by atoms with van der Waals surface area (Å²) >= 11 is 0. The minimum absolute atomic E-state index is 0.211. The van der Waals surface area contributed by atoms with Gasteiger partial charge in [-0.15, -0.1) is 0 Å². The van der Waals surface area contributed by atoms with Gasteiger partial charge in [0.05, 0.1) is 52.2 Å². The van der Waals surface area contributed by atoms with Crippen LogP contribution < -0.4 is 26.0 Å². The molecule has 3 aliphatic rings. The third kappa shape index (κ3) is 7.05. The zero-order valence-electron chi connectivity index (χ0n) is 31.0. The summed E-state index contributed by atoms with van der Waals surface area (Å²) in [5, 5.41) is 20.3. The lowest BCUT2D eigenvalue weighted by atomic mass is 9.85. The second-order valence-electron chi connectivity index (χ2n) is 14.9.